The molecule has 1 aromatic carbocycles. The van der Waals surface area contributed by atoms with Crippen LogP contribution in [0.4, 0.5) is 0 Å². The Morgan fingerprint density at radius 2 is 2.19 bits per heavy atom. The summed E-state index contributed by atoms with van der Waals surface area (Å²) in [5.41, 5.74) is 0.764. The molecule has 0 aromatic heterocycles. The van der Waals surface area contributed by atoms with E-state index < -0.39 is 5.92 Å². The molecule has 1 heterocycles. The molecule has 0 unspecified atom stereocenters. The highest BCUT2D eigenvalue weighted by molar-refractivity contribution is 5.90. The highest BCUT2D eigenvalue weighted by Crippen LogP contribution is 2.36. The van der Waals surface area contributed by atoms with Crippen molar-refractivity contribution in [3.63, 3.8) is 0 Å². The van der Waals surface area contributed by atoms with Crippen LogP contribution in [-0.4, -0.2) is 18.5 Å². The van der Waals surface area contributed by atoms with Gasteiger partial charge in [-0.15, -0.1) is 0 Å². The minimum atomic E-state index is -0.518. The molecule has 84 valence electrons. The monoisotopic (exact) mass is 220 g/mol. The molecule has 1 aliphatic rings. The quantitative estimate of drug-likeness (QED) is 0.574. The molecule has 0 fully saturated rings. The molecule has 0 saturated heterocycles. The van der Waals surface area contributed by atoms with Gasteiger partial charge in [-0.3, -0.25) is 9.59 Å². The summed E-state index contributed by atoms with van der Waals surface area (Å²) in [7, 11) is 0. The summed E-state index contributed by atoms with van der Waals surface area (Å²) in [5.74, 6) is -0.729. The van der Waals surface area contributed by atoms with Crippen molar-refractivity contribution in [1.82, 2.24) is 0 Å². The lowest BCUT2D eigenvalue weighted by molar-refractivity contribution is -0.146. The van der Waals surface area contributed by atoms with Gasteiger partial charge in [-0.25, -0.2) is 0 Å². The zero-order valence-electron chi connectivity index (χ0n) is 8.93. The lowest BCUT2D eigenvalue weighted by Crippen LogP contribution is -2.16. The van der Waals surface area contributed by atoms with Crippen LogP contribution in [0.2, 0.25) is 0 Å². The molecular weight excluding hydrogens is 208 g/mol. The zero-order chi connectivity index (χ0) is 11.5. The Balaban J connectivity index is 2.16. The van der Waals surface area contributed by atoms with E-state index in [4.69, 9.17) is 9.47 Å². The van der Waals surface area contributed by atoms with E-state index in [1.54, 1.807) is 25.1 Å². The van der Waals surface area contributed by atoms with E-state index in [2.05, 4.69) is 0 Å². The van der Waals surface area contributed by atoms with Crippen molar-refractivity contribution < 1.29 is 19.1 Å². The van der Waals surface area contributed by atoms with E-state index in [1.165, 1.54) is 0 Å². The van der Waals surface area contributed by atoms with E-state index in [9.17, 15) is 9.59 Å². The lowest BCUT2D eigenvalue weighted by Gasteiger charge is -2.05. The maximum atomic E-state index is 11.5. The molecule has 4 heteroatoms. The van der Waals surface area contributed by atoms with Crippen LogP contribution in [0.5, 0.6) is 5.75 Å². The van der Waals surface area contributed by atoms with Gasteiger partial charge in [-0.2, -0.15) is 0 Å². The molecule has 4 nitrogen and oxygen atoms in total. The topological polar surface area (TPSA) is 52.6 Å². The summed E-state index contributed by atoms with van der Waals surface area (Å²) in [5, 5.41) is 0. The first kappa shape index (κ1) is 10.7. The number of hydrogen-bond acceptors (Lipinski definition) is 4. The van der Waals surface area contributed by atoms with Gasteiger partial charge in [0.2, 0.25) is 0 Å². The minimum absolute atomic E-state index is 0.0453. The van der Waals surface area contributed by atoms with Gasteiger partial charge in [0.15, 0.2) is 0 Å². The summed E-state index contributed by atoms with van der Waals surface area (Å²) in [6, 6.07) is 7.13. The van der Waals surface area contributed by atoms with Gasteiger partial charge >= 0.3 is 11.9 Å². The Morgan fingerprint density at radius 3 is 2.94 bits per heavy atom. The number of esters is 2. The largest absolute Gasteiger partial charge is 0.466 e. The predicted octanol–water partition coefficient (Wildman–Crippen LogP) is 1.64. The van der Waals surface area contributed by atoms with E-state index in [1.807, 2.05) is 6.07 Å². The van der Waals surface area contributed by atoms with Gasteiger partial charge in [-0.05, 0) is 13.0 Å². The smallest absolute Gasteiger partial charge is 0.319 e. The molecule has 16 heavy (non-hydrogen) atoms. The van der Waals surface area contributed by atoms with Crippen molar-refractivity contribution in [1.29, 1.82) is 0 Å². The van der Waals surface area contributed by atoms with E-state index in [-0.39, 0.29) is 18.4 Å². The molecule has 2 rings (SSSR count). The van der Waals surface area contributed by atoms with Gasteiger partial charge in [0.1, 0.15) is 5.75 Å². The fourth-order valence-corrected chi connectivity index (χ4v) is 1.75. The van der Waals surface area contributed by atoms with E-state index in [0.717, 1.165) is 5.56 Å². The fraction of sp³-hybridized carbons (Fsp3) is 0.333. The second-order valence-electron chi connectivity index (χ2n) is 3.52. The summed E-state index contributed by atoms with van der Waals surface area (Å²) in [4.78, 5) is 22.9. The standard InChI is InChI=1S/C12H12O4/c1-2-15-11(13)7-9-8-5-3-4-6-10(8)16-12(9)14/h3-6,9H,2,7H2,1H3/t9-/m1/s1. The van der Waals surface area contributed by atoms with Gasteiger partial charge in [0, 0.05) is 5.56 Å². The molecule has 0 amide bonds. The van der Waals surface area contributed by atoms with Crippen LogP contribution < -0.4 is 4.74 Å². The summed E-state index contributed by atoms with van der Waals surface area (Å²) in [6.07, 6.45) is 0.0453. The molecule has 0 bridgehead atoms. The highest BCUT2D eigenvalue weighted by Gasteiger charge is 2.34. The SMILES string of the molecule is CCOC(=O)C[C@H]1C(=O)Oc2ccccc21. The Hall–Kier alpha value is -1.84. The third kappa shape index (κ3) is 1.91. The van der Waals surface area contributed by atoms with Gasteiger partial charge < -0.3 is 9.47 Å². The van der Waals surface area contributed by atoms with Crippen molar-refractivity contribution in [2.75, 3.05) is 6.61 Å². The Morgan fingerprint density at radius 1 is 1.44 bits per heavy atom. The van der Waals surface area contributed by atoms with Crippen molar-refractivity contribution in [3.05, 3.63) is 29.8 Å². The molecule has 0 spiro atoms. The van der Waals surface area contributed by atoms with Crippen molar-refractivity contribution in [2.24, 2.45) is 0 Å². The molecule has 1 atom stereocenters. The second-order valence-corrected chi connectivity index (χ2v) is 3.52. The van der Waals surface area contributed by atoms with Crippen LogP contribution in [0.3, 0.4) is 0 Å². The highest BCUT2D eigenvalue weighted by atomic mass is 16.5. The fourth-order valence-electron chi connectivity index (χ4n) is 1.75. The Labute approximate surface area is 93.2 Å². The van der Waals surface area contributed by atoms with Crippen LogP contribution in [0.1, 0.15) is 24.8 Å². The van der Waals surface area contributed by atoms with Crippen LogP contribution in [-0.2, 0) is 14.3 Å². The molecule has 1 aromatic rings. The van der Waals surface area contributed by atoms with Crippen molar-refractivity contribution >= 4 is 11.9 Å². The molecular formula is C12H12O4. The maximum Gasteiger partial charge on any atom is 0.319 e. The molecule has 0 aliphatic carbocycles. The predicted molar refractivity (Wildman–Crippen MR) is 56.1 cm³/mol. The van der Waals surface area contributed by atoms with Crippen molar-refractivity contribution in [2.45, 2.75) is 19.3 Å². The van der Waals surface area contributed by atoms with E-state index in [0.29, 0.717) is 12.4 Å². The summed E-state index contributed by atoms with van der Waals surface area (Å²) >= 11 is 0. The minimum Gasteiger partial charge on any atom is -0.466 e. The van der Waals surface area contributed by atoms with Crippen molar-refractivity contribution in [3.8, 4) is 5.75 Å². The third-order valence-electron chi connectivity index (χ3n) is 2.47. The Bertz CT molecular complexity index is 425. The lowest BCUT2D eigenvalue weighted by atomic mass is 9.97. The number of benzene rings is 1. The third-order valence-corrected chi connectivity index (χ3v) is 2.47. The number of fused-ring (bicyclic) bond motifs is 1. The number of carbonyl (C=O) groups is 2. The normalized spacial score (nSPS) is 17.8. The summed E-state index contributed by atoms with van der Waals surface area (Å²) in [6.45, 7) is 2.06. The molecule has 0 radical (unpaired) electrons. The number of hydrogen-bond donors (Lipinski definition) is 0. The summed E-state index contributed by atoms with van der Waals surface area (Å²) < 4.78 is 9.87. The average Bonchev–Trinajstić information content (AvgIpc) is 2.56. The molecule has 0 saturated carbocycles. The zero-order valence-corrected chi connectivity index (χ0v) is 8.93. The Kier molecular flexibility index (Phi) is 2.90. The van der Waals surface area contributed by atoms with Crippen LogP contribution in [0.25, 0.3) is 0 Å². The maximum absolute atomic E-state index is 11.5. The first-order valence-corrected chi connectivity index (χ1v) is 5.18. The van der Waals surface area contributed by atoms with E-state index >= 15 is 0 Å². The first-order chi connectivity index (χ1) is 7.72. The number of ether oxygens (including phenoxy) is 2. The molecule has 0 N–H and O–H groups in total. The van der Waals surface area contributed by atoms with Crippen LogP contribution in [0, 0.1) is 0 Å². The second kappa shape index (κ2) is 4.35. The van der Waals surface area contributed by atoms with Gasteiger partial charge in [0.25, 0.3) is 0 Å². The van der Waals surface area contributed by atoms with Crippen LogP contribution in [0.15, 0.2) is 24.3 Å². The average molecular weight is 220 g/mol. The van der Waals surface area contributed by atoms with Crippen LogP contribution >= 0.6 is 0 Å². The van der Waals surface area contributed by atoms with Gasteiger partial charge in [-0.1, -0.05) is 18.2 Å². The molecule has 1 aliphatic heterocycles. The first-order valence-electron chi connectivity index (χ1n) is 5.18. The van der Waals surface area contributed by atoms with Gasteiger partial charge in [0.05, 0.1) is 18.9 Å². The number of para-hydroxylation sites is 1. The number of rotatable bonds is 3. The number of carbonyl (C=O) groups excluding carboxylic acids is 2.